The van der Waals surface area contributed by atoms with Crippen LogP contribution in [0.3, 0.4) is 0 Å². The molecule has 0 unspecified atom stereocenters. The fraction of sp³-hybridized carbons (Fsp3) is 0.488. The van der Waals surface area contributed by atoms with Crippen LogP contribution < -0.4 is 0 Å². The maximum atomic E-state index is 2.35. The zero-order valence-corrected chi connectivity index (χ0v) is 29.1. The van der Waals surface area contributed by atoms with Crippen molar-refractivity contribution in [1.82, 2.24) is 0 Å². The topological polar surface area (TPSA) is 0 Å². The molecule has 0 N–H and O–H groups in total. The summed E-state index contributed by atoms with van der Waals surface area (Å²) in [6, 6.07) is 26.6. The molecule has 3 aromatic rings. The molecule has 0 aliphatic carbocycles. The van der Waals surface area contributed by atoms with Crippen LogP contribution in [0.4, 0.5) is 0 Å². The molecule has 3 aromatic carbocycles. The van der Waals surface area contributed by atoms with Crippen molar-refractivity contribution in [3.8, 4) is 0 Å². The van der Waals surface area contributed by atoms with Crippen LogP contribution in [-0.2, 0) is 6.42 Å². The van der Waals surface area contributed by atoms with E-state index in [1.165, 1.54) is 46.2 Å². The smallest absolute Gasteiger partial charge is 0.0219 e. The van der Waals surface area contributed by atoms with Crippen molar-refractivity contribution < 1.29 is 0 Å². The largest absolute Gasteiger partial charge is 0.0814 e. The van der Waals surface area contributed by atoms with Crippen LogP contribution in [0, 0.1) is 17.8 Å². The first-order chi connectivity index (χ1) is 19.8. The SMILES string of the molecule is C.CC(C)/C=C/c1ccc(C(C)C)cc1.CC(C)/C=C/c1cccc(C(C)C)c1.CC(C)CCc1cccc(C(C)C)c1. The van der Waals surface area contributed by atoms with Crippen molar-refractivity contribution in [2.75, 3.05) is 0 Å². The molecule has 0 spiro atoms. The first kappa shape index (κ1) is 40.1. The van der Waals surface area contributed by atoms with E-state index in [-0.39, 0.29) is 7.43 Å². The zero-order valence-electron chi connectivity index (χ0n) is 29.1. The Kier molecular flexibility index (Phi) is 20.3. The molecular weight excluding hydrogens is 516 g/mol. The number of benzene rings is 3. The molecule has 0 bridgehead atoms. The van der Waals surface area contributed by atoms with Crippen LogP contribution >= 0.6 is 0 Å². The van der Waals surface area contributed by atoms with Gasteiger partial charge in [0.2, 0.25) is 0 Å². The molecule has 0 nitrogen and oxygen atoms in total. The van der Waals surface area contributed by atoms with Crippen molar-refractivity contribution in [1.29, 1.82) is 0 Å². The van der Waals surface area contributed by atoms with Gasteiger partial charge in [-0.25, -0.2) is 0 Å². The Hall–Kier alpha value is -2.86. The van der Waals surface area contributed by atoms with Crippen LogP contribution in [0.5, 0.6) is 0 Å². The molecule has 0 heteroatoms. The molecule has 0 saturated carbocycles. The quantitative estimate of drug-likeness (QED) is 0.223. The average Bonchev–Trinajstić information content (AvgIpc) is 2.95. The van der Waals surface area contributed by atoms with Gasteiger partial charge in [0, 0.05) is 0 Å². The lowest BCUT2D eigenvalue weighted by Gasteiger charge is -2.09. The zero-order chi connectivity index (χ0) is 31.7. The molecule has 0 atom stereocenters. The number of hydrogen-bond acceptors (Lipinski definition) is 0. The number of allylic oxidation sites excluding steroid dienone is 2. The van der Waals surface area contributed by atoms with E-state index in [1.807, 2.05) is 0 Å². The van der Waals surface area contributed by atoms with Gasteiger partial charge in [0.15, 0.2) is 0 Å². The van der Waals surface area contributed by atoms with Gasteiger partial charge in [0.1, 0.15) is 0 Å². The molecule has 0 aromatic heterocycles. The molecule has 238 valence electrons. The highest BCUT2D eigenvalue weighted by molar-refractivity contribution is 5.51. The highest BCUT2D eigenvalue weighted by Crippen LogP contribution is 2.19. The van der Waals surface area contributed by atoms with E-state index in [0.717, 1.165) is 5.92 Å². The minimum atomic E-state index is 0. The molecule has 0 aliphatic heterocycles. The predicted molar refractivity (Wildman–Crippen MR) is 199 cm³/mol. The third kappa shape index (κ3) is 18.4. The fourth-order valence-electron chi connectivity index (χ4n) is 4.18. The van der Waals surface area contributed by atoms with E-state index >= 15 is 0 Å². The number of rotatable bonds is 10. The van der Waals surface area contributed by atoms with Gasteiger partial charge in [0.05, 0.1) is 0 Å². The van der Waals surface area contributed by atoms with E-state index in [9.17, 15) is 0 Å². The molecule has 0 saturated heterocycles. The molecule has 0 fully saturated rings. The Morgan fingerprint density at radius 2 is 0.953 bits per heavy atom. The molecule has 0 aliphatic rings. The van der Waals surface area contributed by atoms with E-state index in [2.05, 4.69) is 180 Å². The minimum Gasteiger partial charge on any atom is -0.0814 e. The number of aryl methyl sites for hydroxylation is 1. The van der Waals surface area contributed by atoms with Crippen molar-refractivity contribution in [2.45, 2.75) is 121 Å². The summed E-state index contributed by atoms with van der Waals surface area (Å²) in [7, 11) is 0. The summed E-state index contributed by atoms with van der Waals surface area (Å²) in [5.74, 6) is 3.93. The van der Waals surface area contributed by atoms with E-state index < -0.39 is 0 Å². The predicted octanol–water partition coefficient (Wildman–Crippen LogP) is 14.0. The van der Waals surface area contributed by atoms with Crippen LogP contribution in [0.25, 0.3) is 12.2 Å². The third-order valence-corrected chi connectivity index (χ3v) is 7.16. The van der Waals surface area contributed by atoms with E-state index in [0.29, 0.717) is 29.6 Å². The van der Waals surface area contributed by atoms with Gasteiger partial charge in [-0.3, -0.25) is 0 Å². The Bertz CT molecular complexity index is 1170. The van der Waals surface area contributed by atoms with Gasteiger partial charge in [-0.1, -0.05) is 188 Å². The fourth-order valence-corrected chi connectivity index (χ4v) is 4.18. The summed E-state index contributed by atoms with van der Waals surface area (Å²) in [6.07, 6.45) is 11.4. The Morgan fingerprint density at radius 3 is 1.42 bits per heavy atom. The lowest BCUT2D eigenvalue weighted by atomic mass is 9.97. The van der Waals surface area contributed by atoms with E-state index in [1.54, 1.807) is 0 Å². The molecule has 3 rings (SSSR count). The lowest BCUT2D eigenvalue weighted by Crippen LogP contribution is -1.94. The molecule has 0 amide bonds. The molecule has 0 heterocycles. The third-order valence-electron chi connectivity index (χ3n) is 7.16. The summed E-state index contributed by atoms with van der Waals surface area (Å²) in [5.41, 5.74) is 8.38. The van der Waals surface area contributed by atoms with Crippen LogP contribution in [-0.4, -0.2) is 0 Å². The summed E-state index contributed by atoms with van der Waals surface area (Å²) < 4.78 is 0. The van der Waals surface area contributed by atoms with Crippen LogP contribution in [0.1, 0.15) is 148 Å². The summed E-state index contributed by atoms with van der Waals surface area (Å²) in [6.45, 7) is 26.7. The van der Waals surface area contributed by atoms with E-state index in [4.69, 9.17) is 0 Å². The lowest BCUT2D eigenvalue weighted by molar-refractivity contribution is 0.586. The highest BCUT2D eigenvalue weighted by atomic mass is 14.1. The van der Waals surface area contributed by atoms with Crippen LogP contribution in [0.2, 0.25) is 0 Å². The second-order valence-electron chi connectivity index (χ2n) is 13.7. The molecular formula is C43H66. The monoisotopic (exact) mass is 583 g/mol. The van der Waals surface area contributed by atoms with Crippen LogP contribution in [0.15, 0.2) is 84.9 Å². The van der Waals surface area contributed by atoms with Gasteiger partial charge in [-0.15, -0.1) is 0 Å². The first-order valence-corrected chi connectivity index (χ1v) is 16.4. The van der Waals surface area contributed by atoms with Gasteiger partial charge in [-0.05, 0) is 81.7 Å². The highest BCUT2D eigenvalue weighted by Gasteiger charge is 2.02. The Labute approximate surface area is 268 Å². The Balaban J connectivity index is 0.000000608. The second kappa shape index (κ2) is 21.8. The first-order valence-electron chi connectivity index (χ1n) is 16.4. The Morgan fingerprint density at radius 1 is 0.488 bits per heavy atom. The van der Waals surface area contributed by atoms with Gasteiger partial charge in [0.25, 0.3) is 0 Å². The summed E-state index contributed by atoms with van der Waals surface area (Å²) in [5, 5.41) is 0. The van der Waals surface area contributed by atoms with Crippen molar-refractivity contribution in [2.24, 2.45) is 17.8 Å². The van der Waals surface area contributed by atoms with Gasteiger partial charge in [-0.2, -0.15) is 0 Å². The van der Waals surface area contributed by atoms with Crippen molar-refractivity contribution in [3.05, 3.63) is 118 Å². The maximum absolute atomic E-state index is 2.35. The molecule has 43 heavy (non-hydrogen) atoms. The van der Waals surface area contributed by atoms with Crippen molar-refractivity contribution in [3.63, 3.8) is 0 Å². The second-order valence-corrected chi connectivity index (χ2v) is 13.7. The average molecular weight is 583 g/mol. The maximum Gasteiger partial charge on any atom is -0.0219 e. The van der Waals surface area contributed by atoms with Crippen molar-refractivity contribution >= 4 is 12.2 Å². The van der Waals surface area contributed by atoms with Gasteiger partial charge >= 0.3 is 0 Å². The summed E-state index contributed by atoms with van der Waals surface area (Å²) in [4.78, 5) is 0. The van der Waals surface area contributed by atoms with Gasteiger partial charge < -0.3 is 0 Å². The normalized spacial score (nSPS) is 11.4. The number of hydrogen-bond donors (Lipinski definition) is 0. The minimum absolute atomic E-state index is 0. The molecule has 0 radical (unpaired) electrons. The summed E-state index contributed by atoms with van der Waals surface area (Å²) >= 11 is 0. The standard InChI is InChI=1S/C14H20.C14H22.C14H20.CH4/c1-11(2)5-6-13-7-9-14(10-8-13)12(3)4;2*1-11(2)8-9-13-6-5-7-14(10-13)12(3)4;/h5-12H,1-4H3;5-7,10-12H,8-9H2,1-4H3;5-12H,1-4H3;1H4/b6-5+;;9-8+;.